The van der Waals surface area contributed by atoms with E-state index in [-0.39, 0.29) is 0 Å². The van der Waals surface area contributed by atoms with E-state index in [9.17, 15) is 0 Å². The quantitative estimate of drug-likeness (QED) is 0.611. The highest BCUT2D eigenvalue weighted by molar-refractivity contribution is 5.79. The Labute approximate surface area is 144 Å². The summed E-state index contributed by atoms with van der Waals surface area (Å²) in [5, 5.41) is 3.36. The maximum Gasteiger partial charge on any atom is 0.193 e. The van der Waals surface area contributed by atoms with Gasteiger partial charge in [0.1, 0.15) is 0 Å². The Balaban J connectivity index is 2.04. The molecule has 1 aromatic rings. The summed E-state index contributed by atoms with van der Waals surface area (Å²) in [4.78, 5) is 6.93. The molecule has 6 heteroatoms. The van der Waals surface area contributed by atoms with Crippen LogP contribution >= 0.6 is 0 Å². The molecule has 2 rings (SSSR count). The van der Waals surface area contributed by atoms with E-state index in [2.05, 4.69) is 24.2 Å². The number of aliphatic imine (C=N–C) groups is 1. The topological polar surface area (TPSA) is 55.3 Å². The van der Waals surface area contributed by atoms with E-state index in [0.717, 1.165) is 55.7 Å². The minimum Gasteiger partial charge on any atom is -0.493 e. The third-order valence-electron chi connectivity index (χ3n) is 4.11. The van der Waals surface area contributed by atoms with Crippen LogP contribution in [0.3, 0.4) is 0 Å². The summed E-state index contributed by atoms with van der Waals surface area (Å²) < 4.78 is 16.1. The van der Waals surface area contributed by atoms with Crippen LogP contribution in [0.4, 0.5) is 0 Å². The highest BCUT2D eigenvalue weighted by atomic mass is 16.5. The van der Waals surface area contributed by atoms with Crippen LogP contribution in [0.1, 0.15) is 18.9 Å². The zero-order valence-electron chi connectivity index (χ0n) is 15.2. The van der Waals surface area contributed by atoms with Crippen molar-refractivity contribution in [3.63, 3.8) is 0 Å². The highest BCUT2D eigenvalue weighted by Crippen LogP contribution is 2.27. The van der Waals surface area contributed by atoms with Gasteiger partial charge in [-0.1, -0.05) is 6.07 Å². The molecule has 6 nitrogen and oxygen atoms in total. The fourth-order valence-electron chi connectivity index (χ4n) is 2.82. The number of ether oxygens (including phenoxy) is 3. The third kappa shape index (κ3) is 5.03. The Hall–Kier alpha value is -1.95. The lowest BCUT2D eigenvalue weighted by atomic mass is 10.1. The van der Waals surface area contributed by atoms with Crippen molar-refractivity contribution in [1.29, 1.82) is 0 Å². The molecule has 0 saturated carbocycles. The summed E-state index contributed by atoms with van der Waals surface area (Å²) in [6.07, 6.45) is 1.12. The van der Waals surface area contributed by atoms with E-state index in [0.29, 0.717) is 12.5 Å². The SMILES string of the molecule is CCNC(=NCc1ccc(OC)c(OC)c1)N(C)CC1CCOC1. The third-order valence-corrected chi connectivity index (χ3v) is 4.11. The van der Waals surface area contributed by atoms with Gasteiger partial charge in [0.15, 0.2) is 17.5 Å². The van der Waals surface area contributed by atoms with Crippen LogP contribution in [0.5, 0.6) is 11.5 Å². The summed E-state index contributed by atoms with van der Waals surface area (Å²) in [6, 6.07) is 5.89. The lowest BCUT2D eigenvalue weighted by molar-refractivity contribution is 0.181. The molecule has 1 atom stereocenters. The maximum atomic E-state index is 5.46. The van der Waals surface area contributed by atoms with Crippen LogP contribution in [-0.2, 0) is 11.3 Å². The normalized spacial score (nSPS) is 17.7. The van der Waals surface area contributed by atoms with Gasteiger partial charge >= 0.3 is 0 Å². The number of hydrogen-bond donors (Lipinski definition) is 1. The van der Waals surface area contributed by atoms with Gasteiger partial charge in [0.25, 0.3) is 0 Å². The van der Waals surface area contributed by atoms with Gasteiger partial charge in [-0.3, -0.25) is 0 Å². The van der Waals surface area contributed by atoms with Crippen molar-refractivity contribution in [2.75, 3.05) is 47.6 Å². The second-order valence-corrected chi connectivity index (χ2v) is 5.97. The molecule has 1 unspecified atom stereocenters. The van der Waals surface area contributed by atoms with Gasteiger partial charge in [0.2, 0.25) is 0 Å². The second kappa shape index (κ2) is 9.37. The molecule has 1 N–H and O–H groups in total. The summed E-state index contributed by atoms with van der Waals surface area (Å²) >= 11 is 0. The van der Waals surface area contributed by atoms with Crippen molar-refractivity contribution < 1.29 is 14.2 Å². The number of nitrogens with one attached hydrogen (secondary N) is 1. The summed E-state index contributed by atoms with van der Waals surface area (Å²) in [6.45, 7) is 6.19. The van der Waals surface area contributed by atoms with Crippen LogP contribution in [-0.4, -0.2) is 58.4 Å². The Morgan fingerprint density at radius 2 is 2.12 bits per heavy atom. The molecule has 134 valence electrons. The molecular weight excluding hydrogens is 306 g/mol. The second-order valence-electron chi connectivity index (χ2n) is 5.97. The molecule has 0 radical (unpaired) electrons. The molecule has 0 amide bonds. The molecule has 1 heterocycles. The zero-order chi connectivity index (χ0) is 17.4. The first-order chi connectivity index (χ1) is 11.7. The van der Waals surface area contributed by atoms with Gasteiger partial charge in [0.05, 0.1) is 27.4 Å². The van der Waals surface area contributed by atoms with Crippen LogP contribution < -0.4 is 14.8 Å². The lowest BCUT2D eigenvalue weighted by Gasteiger charge is -2.24. The van der Waals surface area contributed by atoms with Crippen LogP contribution in [0.2, 0.25) is 0 Å². The standard InChI is InChI=1S/C18H29N3O3/c1-5-19-18(21(2)12-15-8-9-24-13-15)20-11-14-6-7-16(22-3)17(10-14)23-4/h6-7,10,15H,5,8-9,11-13H2,1-4H3,(H,19,20). The fourth-order valence-corrected chi connectivity index (χ4v) is 2.82. The number of guanidine groups is 1. The summed E-state index contributed by atoms with van der Waals surface area (Å²) in [7, 11) is 5.36. The van der Waals surface area contributed by atoms with Gasteiger partial charge < -0.3 is 24.4 Å². The number of hydrogen-bond acceptors (Lipinski definition) is 4. The summed E-state index contributed by atoms with van der Waals surface area (Å²) in [5.41, 5.74) is 1.08. The van der Waals surface area contributed by atoms with Gasteiger partial charge in [-0.15, -0.1) is 0 Å². The van der Waals surface area contributed by atoms with Crippen molar-refractivity contribution in [2.24, 2.45) is 10.9 Å². The number of nitrogens with zero attached hydrogens (tertiary/aromatic N) is 2. The van der Waals surface area contributed by atoms with E-state index in [1.165, 1.54) is 0 Å². The molecule has 1 aliphatic heterocycles. The predicted molar refractivity (Wildman–Crippen MR) is 95.9 cm³/mol. The number of methoxy groups -OCH3 is 2. The van der Waals surface area contributed by atoms with Crippen LogP contribution in [0.15, 0.2) is 23.2 Å². The highest BCUT2D eigenvalue weighted by Gasteiger charge is 2.19. The molecule has 1 saturated heterocycles. The zero-order valence-corrected chi connectivity index (χ0v) is 15.2. The minimum atomic E-state index is 0.583. The monoisotopic (exact) mass is 335 g/mol. The van der Waals surface area contributed by atoms with Crippen LogP contribution in [0.25, 0.3) is 0 Å². The van der Waals surface area contributed by atoms with Gasteiger partial charge in [-0.05, 0) is 31.0 Å². The Bertz CT molecular complexity index is 542. The first kappa shape index (κ1) is 18.4. The molecule has 1 aromatic carbocycles. The van der Waals surface area contributed by atoms with Crippen molar-refractivity contribution in [1.82, 2.24) is 10.2 Å². The van der Waals surface area contributed by atoms with Crippen molar-refractivity contribution in [3.8, 4) is 11.5 Å². The molecule has 0 aliphatic carbocycles. The van der Waals surface area contributed by atoms with Crippen LogP contribution in [0, 0.1) is 5.92 Å². The molecule has 24 heavy (non-hydrogen) atoms. The molecule has 0 spiro atoms. The molecular formula is C18H29N3O3. The fraction of sp³-hybridized carbons (Fsp3) is 0.611. The molecule has 1 fully saturated rings. The predicted octanol–water partition coefficient (Wildman–Crippen LogP) is 2.14. The Kier molecular flexibility index (Phi) is 7.18. The van der Waals surface area contributed by atoms with E-state index in [1.54, 1.807) is 14.2 Å². The average molecular weight is 335 g/mol. The van der Waals surface area contributed by atoms with Gasteiger partial charge in [-0.2, -0.15) is 0 Å². The van der Waals surface area contributed by atoms with Crippen molar-refractivity contribution in [3.05, 3.63) is 23.8 Å². The first-order valence-corrected chi connectivity index (χ1v) is 8.46. The largest absolute Gasteiger partial charge is 0.493 e. The molecule has 1 aliphatic rings. The Morgan fingerprint density at radius 1 is 1.33 bits per heavy atom. The summed E-state index contributed by atoms with van der Waals surface area (Å²) in [5.74, 6) is 2.96. The average Bonchev–Trinajstić information content (AvgIpc) is 3.11. The van der Waals surface area contributed by atoms with E-state index in [1.807, 2.05) is 18.2 Å². The van der Waals surface area contributed by atoms with Gasteiger partial charge in [0, 0.05) is 32.7 Å². The number of rotatable bonds is 7. The van der Waals surface area contributed by atoms with E-state index >= 15 is 0 Å². The Morgan fingerprint density at radius 3 is 2.75 bits per heavy atom. The minimum absolute atomic E-state index is 0.583. The first-order valence-electron chi connectivity index (χ1n) is 8.46. The van der Waals surface area contributed by atoms with Crippen molar-refractivity contribution in [2.45, 2.75) is 19.9 Å². The van der Waals surface area contributed by atoms with E-state index in [4.69, 9.17) is 19.2 Å². The smallest absolute Gasteiger partial charge is 0.193 e. The van der Waals surface area contributed by atoms with E-state index < -0.39 is 0 Å². The number of benzene rings is 1. The maximum absolute atomic E-state index is 5.46. The molecule has 0 bridgehead atoms. The van der Waals surface area contributed by atoms with Crippen molar-refractivity contribution >= 4 is 5.96 Å². The molecule has 0 aromatic heterocycles. The lowest BCUT2D eigenvalue weighted by Crippen LogP contribution is -2.41. The van der Waals surface area contributed by atoms with Gasteiger partial charge in [-0.25, -0.2) is 4.99 Å².